The minimum absolute atomic E-state index is 0.00746. The molecular formula is C15H12ClFN2O. The summed E-state index contributed by atoms with van der Waals surface area (Å²) in [4.78, 5) is 0. The Kier molecular flexibility index (Phi) is 4.44. The molecule has 0 aliphatic carbocycles. The van der Waals surface area contributed by atoms with Gasteiger partial charge in [0, 0.05) is 22.8 Å². The molecule has 0 radical (unpaired) electrons. The van der Waals surface area contributed by atoms with E-state index in [1.807, 2.05) is 0 Å². The lowest BCUT2D eigenvalue weighted by Crippen LogP contribution is -2.02. The maximum atomic E-state index is 13.2. The van der Waals surface area contributed by atoms with E-state index in [0.29, 0.717) is 23.0 Å². The van der Waals surface area contributed by atoms with Gasteiger partial charge in [-0.2, -0.15) is 5.26 Å². The molecule has 0 atom stereocenters. The predicted octanol–water partition coefficient (Wildman–Crippen LogP) is 3.97. The lowest BCUT2D eigenvalue weighted by atomic mass is 10.1. The molecule has 0 heterocycles. The fraction of sp³-hybridized carbons (Fsp3) is 0.133. The minimum Gasteiger partial charge on any atom is -0.496 e. The molecule has 0 bridgehead atoms. The Morgan fingerprint density at radius 3 is 2.80 bits per heavy atom. The largest absolute Gasteiger partial charge is 0.496 e. The van der Waals surface area contributed by atoms with Gasteiger partial charge in [0.1, 0.15) is 17.6 Å². The van der Waals surface area contributed by atoms with Crippen molar-refractivity contribution in [3.8, 4) is 11.8 Å². The number of rotatable bonds is 4. The van der Waals surface area contributed by atoms with Crippen molar-refractivity contribution >= 4 is 17.3 Å². The van der Waals surface area contributed by atoms with E-state index in [-0.39, 0.29) is 5.56 Å². The first-order valence-electron chi connectivity index (χ1n) is 5.90. The molecule has 3 nitrogen and oxygen atoms in total. The Morgan fingerprint density at radius 2 is 2.10 bits per heavy atom. The zero-order valence-corrected chi connectivity index (χ0v) is 11.5. The molecule has 0 aliphatic rings. The number of hydrogen-bond acceptors (Lipinski definition) is 3. The van der Waals surface area contributed by atoms with Crippen LogP contribution in [0.4, 0.5) is 10.1 Å². The standard InChI is InChI=1S/C15H12ClFN2O/c1-20-15-5-2-12(16)6-11(15)9-19-13-3-4-14(17)10(7-13)8-18/h2-7,19H,9H2,1H3. The monoisotopic (exact) mass is 290 g/mol. The molecule has 5 heteroatoms. The number of nitriles is 1. The Morgan fingerprint density at radius 1 is 1.30 bits per heavy atom. The van der Waals surface area contributed by atoms with Crippen molar-refractivity contribution in [2.75, 3.05) is 12.4 Å². The molecule has 0 fully saturated rings. The van der Waals surface area contributed by atoms with Crippen molar-refractivity contribution in [2.24, 2.45) is 0 Å². The van der Waals surface area contributed by atoms with Crippen LogP contribution < -0.4 is 10.1 Å². The summed E-state index contributed by atoms with van der Waals surface area (Å²) >= 11 is 5.95. The van der Waals surface area contributed by atoms with Gasteiger partial charge < -0.3 is 10.1 Å². The van der Waals surface area contributed by atoms with Gasteiger partial charge in [-0.1, -0.05) is 11.6 Å². The number of halogens is 2. The third kappa shape index (κ3) is 3.19. The second-order valence-electron chi connectivity index (χ2n) is 4.12. The van der Waals surface area contributed by atoms with Crippen LogP contribution in [0.15, 0.2) is 36.4 Å². The molecule has 1 N–H and O–H groups in total. The maximum Gasteiger partial charge on any atom is 0.141 e. The van der Waals surface area contributed by atoms with Gasteiger partial charge in [0.05, 0.1) is 12.7 Å². The molecular weight excluding hydrogens is 279 g/mol. The molecule has 2 aromatic carbocycles. The highest BCUT2D eigenvalue weighted by Gasteiger charge is 2.06. The van der Waals surface area contributed by atoms with Crippen molar-refractivity contribution in [2.45, 2.75) is 6.54 Å². The van der Waals surface area contributed by atoms with Crippen LogP contribution in [-0.2, 0) is 6.54 Å². The van der Waals surface area contributed by atoms with Crippen LogP contribution >= 0.6 is 11.6 Å². The van der Waals surface area contributed by atoms with Gasteiger partial charge in [-0.05, 0) is 36.4 Å². The molecule has 0 aliphatic heterocycles. The van der Waals surface area contributed by atoms with E-state index in [1.54, 1.807) is 37.4 Å². The lowest BCUT2D eigenvalue weighted by Gasteiger charge is -2.11. The van der Waals surface area contributed by atoms with Crippen LogP contribution in [0.25, 0.3) is 0 Å². The molecule has 0 saturated carbocycles. The van der Waals surface area contributed by atoms with Crippen molar-refractivity contribution in [1.82, 2.24) is 0 Å². The number of nitrogens with zero attached hydrogens (tertiary/aromatic N) is 1. The van der Waals surface area contributed by atoms with E-state index in [9.17, 15) is 4.39 Å². The summed E-state index contributed by atoms with van der Waals surface area (Å²) in [6.45, 7) is 0.459. The van der Waals surface area contributed by atoms with Crippen LogP contribution in [0.2, 0.25) is 5.02 Å². The first-order chi connectivity index (χ1) is 9.63. The summed E-state index contributed by atoms with van der Waals surface area (Å²) in [6, 6.07) is 11.4. The van der Waals surface area contributed by atoms with Crippen LogP contribution in [0.1, 0.15) is 11.1 Å². The molecule has 0 saturated heterocycles. The van der Waals surface area contributed by atoms with Crippen LogP contribution in [0.3, 0.4) is 0 Å². The van der Waals surface area contributed by atoms with Crippen molar-refractivity contribution in [1.29, 1.82) is 5.26 Å². The SMILES string of the molecule is COc1ccc(Cl)cc1CNc1ccc(F)c(C#N)c1. The molecule has 2 aromatic rings. The van der Waals surface area contributed by atoms with E-state index >= 15 is 0 Å². The van der Waals surface area contributed by atoms with Crippen LogP contribution in [0, 0.1) is 17.1 Å². The molecule has 2 rings (SSSR count). The highest BCUT2D eigenvalue weighted by atomic mass is 35.5. The zero-order chi connectivity index (χ0) is 14.5. The topological polar surface area (TPSA) is 45.0 Å². The second-order valence-corrected chi connectivity index (χ2v) is 4.55. The lowest BCUT2D eigenvalue weighted by molar-refractivity contribution is 0.410. The first-order valence-corrected chi connectivity index (χ1v) is 6.28. The van der Waals surface area contributed by atoms with Gasteiger partial charge >= 0.3 is 0 Å². The molecule has 0 aromatic heterocycles. The summed E-state index contributed by atoms with van der Waals surface area (Å²) in [5.41, 5.74) is 1.54. The van der Waals surface area contributed by atoms with Gasteiger partial charge in [0.2, 0.25) is 0 Å². The Bertz CT molecular complexity index is 667. The number of nitrogens with one attached hydrogen (secondary N) is 1. The van der Waals surface area contributed by atoms with Crippen molar-refractivity contribution in [3.05, 3.63) is 58.4 Å². The highest BCUT2D eigenvalue weighted by Crippen LogP contribution is 2.24. The third-order valence-electron chi connectivity index (χ3n) is 2.81. The minimum atomic E-state index is -0.529. The van der Waals surface area contributed by atoms with E-state index in [2.05, 4.69) is 5.32 Å². The quantitative estimate of drug-likeness (QED) is 0.926. The van der Waals surface area contributed by atoms with Gasteiger partial charge in [0.25, 0.3) is 0 Å². The maximum absolute atomic E-state index is 13.2. The summed E-state index contributed by atoms with van der Waals surface area (Å²) in [5, 5.41) is 12.5. The third-order valence-corrected chi connectivity index (χ3v) is 3.05. The molecule has 0 spiro atoms. The Balaban J connectivity index is 2.17. The number of ether oxygens (including phenoxy) is 1. The predicted molar refractivity (Wildman–Crippen MR) is 76.4 cm³/mol. The zero-order valence-electron chi connectivity index (χ0n) is 10.8. The van der Waals surface area contributed by atoms with Crippen molar-refractivity contribution in [3.63, 3.8) is 0 Å². The first kappa shape index (κ1) is 14.2. The number of benzene rings is 2. The normalized spacial score (nSPS) is 9.90. The van der Waals surface area contributed by atoms with E-state index in [4.69, 9.17) is 21.6 Å². The number of methoxy groups -OCH3 is 1. The highest BCUT2D eigenvalue weighted by molar-refractivity contribution is 6.30. The van der Waals surface area contributed by atoms with Gasteiger partial charge in [-0.25, -0.2) is 4.39 Å². The fourth-order valence-corrected chi connectivity index (χ4v) is 2.00. The van der Waals surface area contributed by atoms with E-state index in [0.717, 1.165) is 5.56 Å². The molecule has 0 unspecified atom stereocenters. The molecule has 0 amide bonds. The average molecular weight is 291 g/mol. The van der Waals surface area contributed by atoms with Gasteiger partial charge in [0.15, 0.2) is 0 Å². The van der Waals surface area contributed by atoms with Gasteiger partial charge in [-0.3, -0.25) is 0 Å². The van der Waals surface area contributed by atoms with E-state index < -0.39 is 5.82 Å². The summed E-state index contributed by atoms with van der Waals surface area (Å²) in [6.07, 6.45) is 0. The van der Waals surface area contributed by atoms with E-state index in [1.165, 1.54) is 12.1 Å². The second kappa shape index (κ2) is 6.27. The molecule has 20 heavy (non-hydrogen) atoms. The summed E-state index contributed by atoms with van der Waals surface area (Å²) < 4.78 is 18.5. The molecule has 102 valence electrons. The van der Waals surface area contributed by atoms with Crippen LogP contribution in [0.5, 0.6) is 5.75 Å². The Labute approximate surface area is 121 Å². The number of hydrogen-bond donors (Lipinski definition) is 1. The smallest absolute Gasteiger partial charge is 0.141 e. The van der Waals surface area contributed by atoms with Crippen molar-refractivity contribution < 1.29 is 9.13 Å². The van der Waals surface area contributed by atoms with Crippen LogP contribution in [-0.4, -0.2) is 7.11 Å². The summed E-state index contributed by atoms with van der Waals surface area (Å²) in [5.74, 6) is 0.183. The fourth-order valence-electron chi connectivity index (χ4n) is 1.80. The average Bonchev–Trinajstić information content (AvgIpc) is 2.46. The van der Waals surface area contributed by atoms with Gasteiger partial charge in [-0.15, -0.1) is 0 Å². The summed E-state index contributed by atoms with van der Waals surface area (Å²) in [7, 11) is 1.58. The number of anilines is 1. The Hall–Kier alpha value is -2.25.